The van der Waals surface area contributed by atoms with E-state index in [0.29, 0.717) is 28.0 Å². The van der Waals surface area contributed by atoms with Crippen molar-refractivity contribution >= 4 is 11.9 Å². The largest absolute Gasteiger partial charge is 0.422 e. The Balaban J connectivity index is 2.28. The van der Waals surface area contributed by atoms with Gasteiger partial charge in [0.15, 0.2) is 0 Å². The molecule has 0 aromatic heterocycles. The molecule has 0 radical (unpaired) electrons. The third-order valence-electron chi connectivity index (χ3n) is 3.34. The number of rotatable bonds is 3. The first kappa shape index (κ1) is 15.7. The van der Waals surface area contributed by atoms with E-state index in [2.05, 4.69) is 5.43 Å². The lowest BCUT2D eigenvalue weighted by Gasteiger charge is -2.12. The molecule has 0 saturated heterocycles. The molecule has 3 N–H and O–H groups in total. The molecule has 0 atom stereocenters. The molecule has 0 fully saturated rings. The number of carbonyl (C=O) groups excluding carboxylic acids is 2. The molecule has 0 aliphatic heterocycles. The van der Waals surface area contributed by atoms with Crippen molar-refractivity contribution in [2.45, 2.75) is 20.8 Å². The number of nitrogen functional groups attached to an aromatic ring is 1. The average molecular weight is 298 g/mol. The van der Waals surface area contributed by atoms with Gasteiger partial charge in [0.05, 0.1) is 5.56 Å². The van der Waals surface area contributed by atoms with Gasteiger partial charge in [0.25, 0.3) is 5.91 Å². The van der Waals surface area contributed by atoms with Gasteiger partial charge in [-0.3, -0.25) is 10.2 Å². The van der Waals surface area contributed by atoms with Crippen molar-refractivity contribution in [2.75, 3.05) is 0 Å². The minimum atomic E-state index is -0.428. The first-order valence-corrected chi connectivity index (χ1v) is 6.83. The van der Waals surface area contributed by atoms with Crippen molar-refractivity contribution in [1.29, 1.82) is 0 Å². The predicted octanol–water partition coefficient (Wildman–Crippen LogP) is 2.43. The number of carbonyl (C=O) groups is 2. The summed E-state index contributed by atoms with van der Waals surface area (Å²) in [6, 6.07) is 10.4. The van der Waals surface area contributed by atoms with E-state index < -0.39 is 5.97 Å². The normalized spacial score (nSPS) is 10.2. The van der Waals surface area contributed by atoms with Gasteiger partial charge in [-0.2, -0.15) is 0 Å². The number of hydrogen-bond acceptors (Lipinski definition) is 4. The van der Waals surface area contributed by atoms with Gasteiger partial charge < -0.3 is 4.74 Å². The standard InChI is InChI=1S/C17H18N2O3/c1-10-4-6-13(7-5-10)17(21)22-15-11(2)8-14(9-12(15)3)16(20)19-18/h4-9H,18H2,1-3H3,(H,19,20). The smallest absolute Gasteiger partial charge is 0.343 e. The number of aryl methyl sites for hydroxylation is 3. The monoisotopic (exact) mass is 298 g/mol. The Morgan fingerprint density at radius 3 is 2.00 bits per heavy atom. The molecule has 0 aliphatic rings. The summed E-state index contributed by atoms with van der Waals surface area (Å²) in [4.78, 5) is 23.7. The second-order valence-corrected chi connectivity index (χ2v) is 5.17. The van der Waals surface area contributed by atoms with Crippen molar-refractivity contribution < 1.29 is 14.3 Å². The van der Waals surface area contributed by atoms with Gasteiger partial charge in [-0.15, -0.1) is 0 Å². The fraction of sp³-hybridized carbons (Fsp3) is 0.176. The lowest BCUT2D eigenvalue weighted by atomic mass is 10.1. The average Bonchev–Trinajstić information content (AvgIpc) is 2.50. The number of benzene rings is 2. The first-order valence-electron chi connectivity index (χ1n) is 6.83. The SMILES string of the molecule is Cc1ccc(C(=O)Oc2c(C)cc(C(=O)NN)cc2C)cc1. The number of ether oxygens (including phenoxy) is 1. The number of hydrogen-bond donors (Lipinski definition) is 2. The second kappa shape index (κ2) is 6.41. The summed E-state index contributed by atoms with van der Waals surface area (Å²) < 4.78 is 5.47. The Morgan fingerprint density at radius 2 is 1.50 bits per heavy atom. The molecule has 1 amide bonds. The zero-order valence-electron chi connectivity index (χ0n) is 12.8. The van der Waals surface area contributed by atoms with E-state index >= 15 is 0 Å². The molecule has 0 bridgehead atoms. The summed E-state index contributed by atoms with van der Waals surface area (Å²) in [5.41, 5.74) is 5.44. The van der Waals surface area contributed by atoms with Crippen LogP contribution in [-0.4, -0.2) is 11.9 Å². The van der Waals surface area contributed by atoms with Crippen LogP contribution in [0.4, 0.5) is 0 Å². The van der Waals surface area contributed by atoms with Crippen LogP contribution in [0.5, 0.6) is 5.75 Å². The summed E-state index contributed by atoms with van der Waals surface area (Å²) in [7, 11) is 0. The van der Waals surface area contributed by atoms with Gasteiger partial charge in [0.2, 0.25) is 0 Å². The Kier molecular flexibility index (Phi) is 4.58. The maximum Gasteiger partial charge on any atom is 0.343 e. The molecule has 0 spiro atoms. The van der Waals surface area contributed by atoms with E-state index in [1.54, 1.807) is 38.1 Å². The second-order valence-electron chi connectivity index (χ2n) is 5.17. The van der Waals surface area contributed by atoms with E-state index in [0.717, 1.165) is 5.56 Å². The summed E-state index contributed by atoms with van der Waals surface area (Å²) in [6.45, 7) is 5.50. The van der Waals surface area contributed by atoms with Gasteiger partial charge in [-0.05, 0) is 56.2 Å². The highest BCUT2D eigenvalue weighted by molar-refractivity contribution is 5.95. The number of amides is 1. The van der Waals surface area contributed by atoms with Crippen LogP contribution >= 0.6 is 0 Å². The lowest BCUT2D eigenvalue weighted by Crippen LogP contribution is -2.30. The minimum absolute atomic E-state index is 0.386. The Hall–Kier alpha value is -2.66. The van der Waals surface area contributed by atoms with Crippen molar-refractivity contribution in [3.05, 3.63) is 64.2 Å². The number of esters is 1. The van der Waals surface area contributed by atoms with Crippen LogP contribution in [-0.2, 0) is 0 Å². The summed E-state index contributed by atoms with van der Waals surface area (Å²) in [5.74, 6) is 4.77. The van der Waals surface area contributed by atoms with Crippen LogP contribution in [0, 0.1) is 20.8 Å². The van der Waals surface area contributed by atoms with Gasteiger partial charge in [0.1, 0.15) is 5.75 Å². The highest BCUT2D eigenvalue weighted by atomic mass is 16.5. The molecular weight excluding hydrogens is 280 g/mol. The zero-order chi connectivity index (χ0) is 16.3. The third-order valence-corrected chi connectivity index (χ3v) is 3.34. The van der Waals surface area contributed by atoms with Crippen LogP contribution in [0.1, 0.15) is 37.4 Å². The van der Waals surface area contributed by atoms with Gasteiger partial charge in [-0.25, -0.2) is 10.6 Å². The molecule has 0 aliphatic carbocycles. The van der Waals surface area contributed by atoms with E-state index in [9.17, 15) is 9.59 Å². The molecule has 5 nitrogen and oxygen atoms in total. The number of nitrogens with two attached hydrogens (primary N) is 1. The van der Waals surface area contributed by atoms with E-state index in [1.165, 1.54) is 0 Å². The molecular formula is C17H18N2O3. The van der Waals surface area contributed by atoms with Crippen LogP contribution in [0.2, 0.25) is 0 Å². The Bertz CT molecular complexity index is 698. The predicted molar refractivity (Wildman–Crippen MR) is 83.7 cm³/mol. The van der Waals surface area contributed by atoms with E-state index in [4.69, 9.17) is 10.6 Å². The van der Waals surface area contributed by atoms with E-state index in [-0.39, 0.29) is 5.91 Å². The van der Waals surface area contributed by atoms with Crippen LogP contribution in [0.15, 0.2) is 36.4 Å². The molecule has 0 unspecified atom stereocenters. The fourth-order valence-electron chi connectivity index (χ4n) is 2.17. The topological polar surface area (TPSA) is 81.4 Å². The fourth-order valence-corrected chi connectivity index (χ4v) is 2.17. The van der Waals surface area contributed by atoms with Gasteiger partial charge in [-0.1, -0.05) is 17.7 Å². The van der Waals surface area contributed by atoms with Crippen LogP contribution in [0.25, 0.3) is 0 Å². The molecule has 2 aromatic rings. The lowest BCUT2D eigenvalue weighted by molar-refractivity contribution is 0.0732. The van der Waals surface area contributed by atoms with E-state index in [1.807, 2.05) is 19.1 Å². The minimum Gasteiger partial charge on any atom is -0.422 e. The molecule has 22 heavy (non-hydrogen) atoms. The molecule has 114 valence electrons. The highest BCUT2D eigenvalue weighted by Gasteiger charge is 2.15. The summed E-state index contributed by atoms with van der Waals surface area (Å²) in [5, 5.41) is 0. The van der Waals surface area contributed by atoms with Gasteiger partial charge in [0, 0.05) is 5.56 Å². The first-order chi connectivity index (χ1) is 10.4. The summed E-state index contributed by atoms with van der Waals surface area (Å²) in [6.07, 6.45) is 0. The van der Waals surface area contributed by atoms with Gasteiger partial charge >= 0.3 is 5.97 Å². The Labute approximate surface area is 129 Å². The quantitative estimate of drug-likeness (QED) is 0.300. The summed E-state index contributed by atoms with van der Waals surface area (Å²) >= 11 is 0. The molecule has 2 rings (SSSR count). The van der Waals surface area contributed by atoms with Crippen molar-refractivity contribution in [1.82, 2.24) is 5.43 Å². The maximum absolute atomic E-state index is 12.2. The molecule has 0 saturated carbocycles. The van der Waals surface area contributed by atoms with Crippen LogP contribution in [0.3, 0.4) is 0 Å². The molecule has 2 aromatic carbocycles. The third kappa shape index (κ3) is 3.32. The highest BCUT2D eigenvalue weighted by Crippen LogP contribution is 2.25. The molecule has 5 heteroatoms. The maximum atomic E-state index is 12.2. The zero-order valence-corrected chi connectivity index (χ0v) is 12.8. The Morgan fingerprint density at radius 1 is 0.955 bits per heavy atom. The van der Waals surface area contributed by atoms with Crippen molar-refractivity contribution in [3.63, 3.8) is 0 Å². The van der Waals surface area contributed by atoms with Crippen molar-refractivity contribution in [2.24, 2.45) is 5.84 Å². The molecule has 0 heterocycles. The number of nitrogens with one attached hydrogen (secondary N) is 1. The van der Waals surface area contributed by atoms with Crippen molar-refractivity contribution in [3.8, 4) is 5.75 Å². The number of hydrazine groups is 1. The van der Waals surface area contributed by atoms with Crippen LogP contribution < -0.4 is 16.0 Å².